The molecule has 1 aliphatic carbocycles. The monoisotopic (exact) mass is 247 g/mol. The van der Waals surface area contributed by atoms with Crippen molar-refractivity contribution in [2.75, 3.05) is 11.9 Å². The number of rotatable bonds is 4. The predicted molar refractivity (Wildman–Crippen MR) is 77.1 cm³/mol. The van der Waals surface area contributed by atoms with Gasteiger partial charge < -0.3 is 10.1 Å². The summed E-state index contributed by atoms with van der Waals surface area (Å²) in [6.45, 7) is 11.8. The van der Waals surface area contributed by atoms with Crippen molar-refractivity contribution in [3.8, 4) is 0 Å². The molecule has 100 valence electrons. The van der Waals surface area contributed by atoms with E-state index in [0.29, 0.717) is 12.1 Å². The number of hydrogen-bond donors (Lipinski definition) is 1. The zero-order valence-electron chi connectivity index (χ0n) is 12.2. The Morgan fingerprint density at radius 3 is 2.67 bits per heavy atom. The summed E-state index contributed by atoms with van der Waals surface area (Å²) < 4.78 is 5.77. The molecule has 2 rings (SSSR count). The van der Waals surface area contributed by atoms with E-state index in [9.17, 15) is 0 Å². The second-order valence-electron chi connectivity index (χ2n) is 6.02. The van der Waals surface area contributed by atoms with E-state index in [1.54, 1.807) is 0 Å². The van der Waals surface area contributed by atoms with Gasteiger partial charge in [-0.2, -0.15) is 0 Å². The molecule has 0 bridgehead atoms. The third kappa shape index (κ3) is 2.39. The number of hydrogen-bond acceptors (Lipinski definition) is 2. The highest BCUT2D eigenvalue weighted by atomic mass is 16.5. The molecule has 2 atom stereocenters. The van der Waals surface area contributed by atoms with Crippen LogP contribution in [-0.4, -0.2) is 18.8 Å². The third-order valence-corrected chi connectivity index (χ3v) is 4.27. The highest BCUT2D eigenvalue weighted by molar-refractivity contribution is 5.54. The summed E-state index contributed by atoms with van der Waals surface area (Å²) in [7, 11) is 0. The molecule has 1 N–H and O–H groups in total. The smallest absolute Gasteiger partial charge is 0.0665 e. The van der Waals surface area contributed by atoms with Crippen molar-refractivity contribution in [3.63, 3.8) is 0 Å². The van der Waals surface area contributed by atoms with Crippen LogP contribution >= 0.6 is 0 Å². The van der Waals surface area contributed by atoms with Crippen LogP contribution in [0.15, 0.2) is 18.2 Å². The second-order valence-corrected chi connectivity index (χ2v) is 6.02. The van der Waals surface area contributed by atoms with Gasteiger partial charge in [-0.1, -0.05) is 26.0 Å². The normalized spacial score (nSPS) is 25.6. The quantitative estimate of drug-likeness (QED) is 0.870. The van der Waals surface area contributed by atoms with Crippen molar-refractivity contribution in [3.05, 3.63) is 29.3 Å². The van der Waals surface area contributed by atoms with E-state index in [1.807, 2.05) is 0 Å². The Hall–Kier alpha value is -1.02. The summed E-state index contributed by atoms with van der Waals surface area (Å²) in [4.78, 5) is 0. The molecule has 0 radical (unpaired) electrons. The van der Waals surface area contributed by atoms with Crippen LogP contribution in [-0.2, 0) is 4.74 Å². The number of anilines is 1. The summed E-state index contributed by atoms with van der Waals surface area (Å²) in [5.74, 6) is 0. The Kier molecular flexibility index (Phi) is 3.67. The lowest BCUT2D eigenvalue weighted by Gasteiger charge is -2.52. The first-order valence-electron chi connectivity index (χ1n) is 6.90. The minimum Gasteiger partial charge on any atom is -0.381 e. The minimum absolute atomic E-state index is 0.214. The maximum Gasteiger partial charge on any atom is 0.0665 e. The first kappa shape index (κ1) is 13.4. The molecule has 2 nitrogen and oxygen atoms in total. The highest BCUT2D eigenvalue weighted by Gasteiger charge is 2.48. The van der Waals surface area contributed by atoms with Gasteiger partial charge in [-0.05, 0) is 44.4 Å². The minimum atomic E-state index is 0.214. The van der Waals surface area contributed by atoms with Crippen LogP contribution in [0, 0.1) is 19.3 Å². The van der Waals surface area contributed by atoms with Crippen LogP contribution in [0.3, 0.4) is 0 Å². The molecule has 1 fully saturated rings. The Morgan fingerprint density at radius 2 is 2.06 bits per heavy atom. The molecule has 0 aliphatic heterocycles. The van der Waals surface area contributed by atoms with Crippen LogP contribution in [0.1, 0.15) is 38.3 Å². The second kappa shape index (κ2) is 4.93. The van der Waals surface area contributed by atoms with E-state index in [2.05, 4.69) is 58.1 Å². The van der Waals surface area contributed by atoms with Crippen molar-refractivity contribution >= 4 is 5.69 Å². The lowest BCUT2D eigenvalue weighted by Crippen LogP contribution is -2.58. The van der Waals surface area contributed by atoms with Crippen molar-refractivity contribution < 1.29 is 4.74 Å². The van der Waals surface area contributed by atoms with Crippen molar-refractivity contribution in [1.82, 2.24) is 0 Å². The van der Waals surface area contributed by atoms with Crippen LogP contribution in [0.4, 0.5) is 5.69 Å². The first-order valence-corrected chi connectivity index (χ1v) is 6.90. The third-order valence-electron chi connectivity index (χ3n) is 4.27. The standard InChI is InChI=1S/C16H25NO/c1-6-18-15-10-14(16(15,4)5)17-13-9-11(2)7-8-12(13)3/h7-9,14-15,17H,6,10H2,1-5H3. The summed E-state index contributed by atoms with van der Waals surface area (Å²) in [5, 5.41) is 3.69. The maximum absolute atomic E-state index is 5.77. The fourth-order valence-electron chi connectivity index (χ4n) is 2.69. The zero-order valence-corrected chi connectivity index (χ0v) is 12.2. The zero-order chi connectivity index (χ0) is 13.3. The largest absolute Gasteiger partial charge is 0.381 e. The van der Waals surface area contributed by atoms with Gasteiger partial charge in [0.05, 0.1) is 6.10 Å². The van der Waals surface area contributed by atoms with Crippen LogP contribution in [0.5, 0.6) is 0 Å². The molecule has 1 saturated carbocycles. The molecule has 18 heavy (non-hydrogen) atoms. The van der Waals surface area contributed by atoms with Gasteiger partial charge in [0, 0.05) is 23.8 Å². The number of aryl methyl sites for hydroxylation is 2. The summed E-state index contributed by atoms with van der Waals surface area (Å²) in [6, 6.07) is 7.09. The van der Waals surface area contributed by atoms with E-state index >= 15 is 0 Å². The van der Waals surface area contributed by atoms with Gasteiger partial charge in [0.1, 0.15) is 0 Å². The Balaban J connectivity index is 2.05. The topological polar surface area (TPSA) is 21.3 Å². The summed E-state index contributed by atoms with van der Waals surface area (Å²) in [5.41, 5.74) is 4.10. The molecule has 1 aliphatic rings. The van der Waals surface area contributed by atoms with Gasteiger partial charge in [0.15, 0.2) is 0 Å². The summed E-state index contributed by atoms with van der Waals surface area (Å²) in [6.07, 6.45) is 1.50. The predicted octanol–water partition coefficient (Wildman–Crippen LogP) is 3.92. The van der Waals surface area contributed by atoms with Gasteiger partial charge in [0.2, 0.25) is 0 Å². The molecule has 2 unspecified atom stereocenters. The van der Waals surface area contributed by atoms with E-state index in [4.69, 9.17) is 4.74 Å². The summed E-state index contributed by atoms with van der Waals surface area (Å²) >= 11 is 0. The van der Waals surface area contributed by atoms with Crippen molar-refractivity contribution in [2.45, 2.75) is 53.2 Å². The van der Waals surface area contributed by atoms with Gasteiger partial charge in [-0.25, -0.2) is 0 Å². The highest BCUT2D eigenvalue weighted by Crippen LogP contribution is 2.44. The number of nitrogens with one attached hydrogen (secondary N) is 1. The average Bonchev–Trinajstić information content (AvgIpc) is 2.32. The molecule has 0 amide bonds. The van der Waals surface area contributed by atoms with Crippen LogP contribution in [0.2, 0.25) is 0 Å². The van der Waals surface area contributed by atoms with Gasteiger partial charge in [-0.3, -0.25) is 0 Å². The molecule has 1 aromatic carbocycles. The van der Waals surface area contributed by atoms with Gasteiger partial charge in [-0.15, -0.1) is 0 Å². The molecule has 0 saturated heterocycles. The number of benzene rings is 1. The molecule has 1 aromatic rings. The van der Waals surface area contributed by atoms with E-state index in [0.717, 1.165) is 13.0 Å². The molecule has 0 heterocycles. The Morgan fingerprint density at radius 1 is 1.33 bits per heavy atom. The van der Waals surface area contributed by atoms with Gasteiger partial charge >= 0.3 is 0 Å². The fourth-order valence-corrected chi connectivity index (χ4v) is 2.69. The molecular weight excluding hydrogens is 222 g/mol. The lowest BCUT2D eigenvalue weighted by molar-refractivity contribution is -0.0976. The average molecular weight is 247 g/mol. The van der Waals surface area contributed by atoms with Crippen molar-refractivity contribution in [2.24, 2.45) is 5.41 Å². The first-order chi connectivity index (χ1) is 8.45. The lowest BCUT2D eigenvalue weighted by atomic mass is 9.64. The van der Waals surface area contributed by atoms with E-state index in [-0.39, 0.29) is 5.41 Å². The van der Waals surface area contributed by atoms with E-state index < -0.39 is 0 Å². The molecule has 0 spiro atoms. The van der Waals surface area contributed by atoms with Crippen LogP contribution < -0.4 is 5.32 Å². The number of ether oxygens (including phenoxy) is 1. The fraction of sp³-hybridized carbons (Fsp3) is 0.625. The molecule has 2 heteroatoms. The maximum atomic E-state index is 5.77. The van der Waals surface area contributed by atoms with Crippen molar-refractivity contribution in [1.29, 1.82) is 0 Å². The Bertz CT molecular complexity index is 425. The Labute approximate surface area is 111 Å². The molecule has 0 aromatic heterocycles. The molecular formula is C16H25NO. The van der Waals surface area contributed by atoms with Crippen LogP contribution in [0.25, 0.3) is 0 Å². The van der Waals surface area contributed by atoms with E-state index in [1.165, 1.54) is 16.8 Å². The SMILES string of the molecule is CCOC1CC(Nc2cc(C)ccc2C)C1(C)C. The van der Waals surface area contributed by atoms with Gasteiger partial charge in [0.25, 0.3) is 0 Å².